The molecule has 0 unspecified atom stereocenters. The number of amides is 1. The van der Waals surface area contributed by atoms with Gasteiger partial charge in [-0.2, -0.15) is 5.10 Å². The lowest BCUT2D eigenvalue weighted by Crippen LogP contribution is -2.17. The number of anilines is 2. The molecule has 1 aromatic heterocycles. The second-order valence-corrected chi connectivity index (χ2v) is 8.34. The monoisotopic (exact) mass is 404 g/mol. The molecule has 5 nitrogen and oxygen atoms in total. The van der Waals surface area contributed by atoms with Gasteiger partial charge in [0.1, 0.15) is 0 Å². The molecule has 0 bridgehead atoms. The van der Waals surface area contributed by atoms with Crippen LogP contribution in [0.2, 0.25) is 0 Å². The SMILES string of the molecule is Cc1nn(CC(C)C)c(C)c1CC(=O)Nc1ccc(N(C)Cc2ccccc2)cc1. The molecule has 1 heterocycles. The van der Waals surface area contributed by atoms with E-state index in [0.29, 0.717) is 12.3 Å². The molecule has 0 aliphatic rings. The van der Waals surface area contributed by atoms with Gasteiger partial charge in [0.25, 0.3) is 0 Å². The van der Waals surface area contributed by atoms with Crippen LogP contribution in [0.3, 0.4) is 0 Å². The van der Waals surface area contributed by atoms with Crippen LogP contribution in [0, 0.1) is 19.8 Å². The highest BCUT2D eigenvalue weighted by atomic mass is 16.1. The highest BCUT2D eigenvalue weighted by Crippen LogP contribution is 2.20. The van der Waals surface area contributed by atoms with Crippen LogP contribution < -0.4 is 10.2 Å². The molecule has 5 heteroatoms. The molecule has 2 aromatic carbocycles. The number of aryl methyl sites for hydroxylation is 1. The minimum atomic E-state index is -0.0179. The summed E-state index contributed by atoms with van der Waals surface area (Å²) in [5, 5.41) is 7.62. The first-order valence-electron chi connectivity index (χ1n) is 10.5. The summed E-state index contributed by atoms with van der Waals surface area (Å²) in [6, 6.07) is 18.4. The van der Waals surface area contributed by atoms with E-state index >= 15 is 0 Å². The van der Waals surface area contributed by atoms with Crippen molar-refractivity contribution >= 4 is 17.3 Å². The number of carbonyl (C=O) groups is 1. The molecule has 0 spiro atoms. The van der Waals surface area contributed by atoms with Crippen molar-refractivity contribution in [1.29, 1.82) is 0 Å². The van der Waals surface area contributed by atoms with Crippen molar-refractivity contribution in [2.24, 2.45) is 5.92 Å². The zero-order valence-electron chi connectivity index (χ0n) is 18.6. The number of hydrogen-bond donors (Lipinski definition) is 1. The van der Waals surface area contributed by atoms with Crippen LogP contribution in [0.15, 0.2) is 54.6 Å². The van der Waals surface area contributed by atoms with Gasteiger partial charge in [-0.15, -0.1) is 0 Å². The van der Waals surface area contributed by atoms with E-state index in [1.54, 1.807) is 0 Å². The Labute approximate surface area is 179 Å². The quantitative estimate of drug-likeness (QED) is 0.576. The van der Waals surface area contributed by atoms with Gasteiger partial charge >= 0.3 is 0 Å². The molecule has 1 amide bonds. The summed E-state index contributed by atoms with van der Waals surface area (Å²) >= 11 is 0. The van der Waals surface area contributed by atoms with Crippen LogP contribution in [-0.4, -0.2) is 22.7 Å². The number of carbonyl (C=O) groups excluding carboxylic acids is 1. The summed E-state index contributed by atoms with van der Waals surface area (Å²) in [6.07, 6.45) is 0.339. The van der Waals surface area contributed by atoms with E-state index in [4.69, 9.17) is 0 Å². The van der Waals surface area contributed by atoms with Crippen LogP contribution in [0.1, 0.15) is 36.4 Å². The van der Waals surface area contributed by atoms with E-state index in [9.17, 15) is 4.79 Å². The van der Waals surface area contributed by atoms with Gasteiger partial charge < -0.3 is 10.2 Å². The Morgan fingerprint density at radius 2 is 1.73 bits per heavy atom. The number of nitrogens with one attached hydrogen (secondary N) is 1. The topological polar surface area (TPSA) is 50.2 Å². The molecular formula is C25H32N4O. The smallest absolute Gasteiger partial charge is 0.228 e. The van der Waals surface area contributed by atoms with Crippen LogP contribution in [0.25, 0.3) is 0 Å². The fraction of sp³-hybridized carbons (Fsp3) is 0.360. The van der Waals surface area contributed by atoms with Crippen molar-refractivity contribution in [2.45, 2.75) is 47.2 Å². The number of nitrogens with zero attached hydrogens (tertiary/aromatic N) is 3. The van der Waals surface area contributed by atoms with Crippen LogP contribution in [0.5, 0.6) is 0 Å². The third-order valence-electron chi connectivity index (χ3n) is 5.26. The summed E-state index contributed by atoms with van der Waals surface area (Å²) in [5.41, 5.74) is 6.21. The Morgan fingerprint density at radius 3 is 2.37 bits per heavy atom. The number of rotatable bonds is 8. The third kappa shape index (κ3) is 5.50. The van der Waals surface area contributed by atoms with Gasteiger partial charge in [0.05, 0.1) is 12.1 Å². The Kier molecular flexibility index (Phi) is 6.93. The second kappa shape index (κ2) is 9.61. The standard InChI is InChI=1S/C25H32N4O/c1-18(2)16-29-20(4)24(19(3)27-29)15-25(30)26-22-11-13-23(14-12-22)28(5)17-21-9-7-6-8-10-21/h6-14,18H,15-17H2,1-5H3,(H,26,30). The Balaban J connectivity index is 1.60. The van der Waals surface area contributed by atoms with Crippen molar-refractivity contribution < 1.29 is 4.79 Å². The molecule has 3 rings (SSSR count). The first-order valence-corrected chi connectivity index (χ1v) is 10.5. The molecule has 158 valence electrons. The molecule has 0 atom stereocenters. The normalized spacial score (nSPS) is 11.0. The highest BCUT2D eigenvalue weighted by Gasteiger charge is 2.16. The van der Waals surface area contributed by atoms with Gasteiger partial charge in [0.15, 0.2) is 0 Å². The number of hydrogen-bond acceptors (Lipinski definition) is 3. The summed E-state index contributed by atoms with van der Waals surface area (Å²) in [4.78, 5) is 14.8. The maximum Gasteiger partial charge on any atom is 0.228 e. The van der Waals surface area contributed by atoms with E-state index in [0.717, 1.165) is 41.4 Å². The van der Waals surface area contributed by atoms with E-state index in [-0.39, 0.29) is 5.91 Å². The predicted octanol–water partition coefficient (Wildman–Crippen LogP) is 4.97. The predicted molar refractivity (Wildman–Crippen MR) is 124 cm³/mol. The van der Waals surface area contributed by atoms with E-state index in [1.807, 2.05) is 48.9 Å². The number of benzene rings is 2. The third-order valence-corrected chi connectivity index (χ3v) is 5.26. The Hall–Kier alpha value is -3.08. The minimum absolute atomic E-state index is 0.0179. The summed E-state index contributed by atoms with van der Waals surface area (Å²) in [7, 11) is 2.07. The molecule has 0 fully saturated rings. The summed E-state index contributed by atoms with van der Waals surface area (Å²) < 4.78 is 2.01. The lowest BCUT2D eigenvalue weighted by Gasteiger charge is -2.20. The molecule has 0 aliphatic heterocycles. The van der Waals surface area contributed by atoms with Crippen molar-refractivity contribution in [3.05, 3.63) is 77.1 Å². The maximum atomic E-state index is 12.6. The first-order chi connectivity index (χ1) is 14.3. The van der Waals surface area contributed by atoms with Crippen molar-refractivity contribution in [2.75, 3.05) is 17.3 Å². The van der Waals surface area contributed by atoms with Gasteiger partial charge in [-0.3, -0.25) is 9.48 Å². The molecule has 1 N–H and O–H groups in total. The van der Waals surface area contributed by atoms with Crippen LogP contribution in [0.4, 0.5) is 11.4 Å². The largest absolute Gasteiger partial charge is 0.370 e. The Bertz CT molecular complexity index is 974. The van der Waals surface area contributed by atoms with E-state index in [2.05, 4.69) is 60.5 Å². The molecule has 0 saturated heterocycles. The van der Waals surface area contributed by atoms with Crippen molar-refractivity contribution in [3.63, 3.8) is 0 Å². The van der Waals surface area contributed by atoms with Crippen LogP contribution in [-0.2, 0) is 24.3 Å². The van der Waals surface area contributed by atoms with Gasteiger partial charge in [-0.1, -0.05) is 44.2 Å². The highest BCUT2D eigenvalue weighted by molar-refractivity contribution is 5.92. The average Bonchev–Trinajstić information content (AvgIpc) is 2.96. The fourth-order valence-corrected chi connectivity index (χ4v) is 3.63. The fourth-order valence-electron chi connectivity index (χ4n) is 3.63. The Morgan fingerprint density at radius 1 is 1.07 bits per heavy atom. The molecule has 30 heavy (non-hydrogen) atoms. The molecule has 0 radical (unpaired) electrons. The maximum absolute atomic E-state index is 12.6. The van der Waals surface area contributed by atoms with E-state index < -0.39 is 0 Å². The molecule has 0 aliphatic carbocycles. The van der Waals surface area contributed by atoms with Crippen molar-refractivity contribution in [1.82, 2.24) is 9.78 Å². The molecule has 0 saturated carbocycles. The second-order valence-electron chi connectivity index (χ2n) is 8.34. The minimum Gasteiger partial charge on any atom is -0.370 e. The molecule has 3 aromatic rings. The zero-order chi connectivity index (χ0) is 21.7. The van der Waals surface area contributed by atoms with Gasteiger partial charge in [0.2, 0.25) is 5.91 Å². The zero-order valence-corrected chi connectivity index (χ0v) is 18.6. The van der Waals surface area contributed by atoms with Crippen molar-refractivity contribution in [3.8, 4) is 0 Å². The van der Waals surface area contributed by atoms with Gasteiger partial charge in [-0.25, -0.2) is 0 Å². The lowest BCUT2D eigenvalue weighted by molar-refractivity contribution is -0.115. The number of aromatic nitrogens is 2. The van der Waals surface area contributed by atoms with Gasteiger partial charge in [-0.05, 0) is 49.6 Å². The van der Waals surface area contributed by atoms with Crippen LogP contribution >= 0.6 is 0 Å². The average molecular weight is 405 g/mol. The van der Waals surface area contributed by atoms with Gasteiger partial charge in [0, 0.05) is 42.8 Å². The van der Waals surface area contributed by atoms with E-state index in [1.165, 1.54) is 5.56 Å². The molecular weight excluding hydrogens is 372 g/mol. The first kappa shape index (κ1) is 21.6. The summed E-state index contributed by atoms with van der Waals surface area (Å²) in [6.45, 7) is 10.1. The summed E-state index contributed by atoms with van der Waals surface area (Å²) in [5.74, 6) is 0.499. The lowest BCUT2D eigenvalue weighted by atomic mass is 10.1.